The van der Waals surface area contributed by atoms with E-state index in [-0.39, 0.29) is 5.56 Å². The summed E-state index contributed by atoms with van der Waals surface area (Å²) in [7, 11) is 0. The molecule has 0 N–H and O–H groups in total. The number of anilines is 1. The molecule has 8 heteroatoms. The van der Waals surface area contributed by atoms with Gasteiger partial charge in [-0.25, -0.2) is 14.6 Å². The van der Waals surface area contributed by atoms with Crippen molar-refractivity contribution in [2.45, 2.75) is 6.54 Å². The second-order valence-corrected chi connectivity index (χ2v) is 7.56. The van der Waals surface area contributed by atoms with Crippen molar-refractivity contribution in [2.24, 2.45) is 0 Å². The lowest BCUT2D eigenvalue weighted by molar-refractivity contribution is 0.242. The van der Waals surface area contributed by atoms with E-state index in [1.807, 2.05) is 30.3 Å². The van der Waals surface area contributed by atoms with Gasteiger partial charge in [-0.1, -0.05) is 12.1 Å². The van der Waals surface area contributed by atoms with Crippen molar-refractivity contribution in [2.75, 3.05) is 37.6 Å². The molecule has 5 rings (SSSR count). The van der Waals surface area contributed by atoms with Crippen LogP contribution in [-0.4, -0.2) is 62.4 Å². The highest BCUT2D eigenvalue weighted by molar-refractivity contribution is 5.89. The van der Waals surface area contributed by atoms with Gasteiger partial charge in [-0.3, -0.25) is 14.7 Å². The molecule has 0 bridgehead atoms. The van der Waals surface area contributed by atoms with Crippen LogP contribution in [0.2, 0.25) is 0 Å². The largest absolute Gasteiger partial charge is 0.353 e. The Morgan fingerprint density at radius 3 is 2.58 bits per heavy atom. The van der Waals surface area contributed by atoms with E-state index in [1.165, 1.54) is 0 Å². The highest BCUT2D eigenvalue weighted by atomic mass is 16.1. The molecule has 0 amide bonds. The molecule has 0 aliphatic carbocycles. The monoisotopic (exact) mass is 413 g/mol. The van der Waals surface area contributed by atoms with Crippen molar-refractivity contribution in [1.29, 1.82) is 0 Å². The van der Waals surface area contributed by atoms with Crippen molar-refractivity contribution in [3.05, 3.63) is 77.6 Å². The average Bonchev–Trinajstić information content (AvgIpc) is 2.84. The molecule has 0 saturated carbocycles. The molecular formula is C23H23N7O. The molecule has 0 unspecified atom stereocenters. The number of fused-ring (bicyclic) bond motifs is 1. The molecule has 4 heterocycles. The number of piperazine rings is 1. The fraction of sp³-hybridized carbons (Fsp3) is 0.261. The van der Waals surface area contributed by atoms with Crippen LogP contribution in [0.3, 0.4) is 0 Å². The van der Waals surface area contributed by atoms with Crippen LogP contribution in [0.4, 0.5) is 5.82 Å². The average molecular weight is 413 g/mol. The van der Waals surface area contributed by atoms with Crippen LogP contribution in [0.25, 0.3) is 22.2 Å². The zero-order valence-corrected chi connectivity index (χ0v) is 17.1. The smallest absolute Gasteiger partial charge is 0.266 e. The Labute approximate surface area is 179 Å². The van der Waals surface area contributed by atoms with E-state index in [4.69, 9.17) is 0 Å². The number of rotatable bonds is 5. The summed E-state index contributed by atoms with van der Waals surface area (Å²) >= 11 is 0. The van der Waals surface area contributed by atoms with Gasteiger partial charge in [0.15, 0.2) is 0 Å². The van der Waals surface area contributed by atoms with Gasteiger partial charge in [0.1, 0.15) is 12.1 Å². The highest BCUT2D eigenvalue weighted by Crippen LogP contribution is 2.23. The number of pyridine rings is 1. The van der Waals surface area contributed by atoms with Gasteiger partial charge in [0.25, 0.3) is 5.56 Å². The van der Waals surface area contributed by atoms with Crippen LogP contribution < -0.4 is 10.5 Å². The van der Waals surface area contributed by atoms with Gasteiger partial charge in [0.05, 0.1) is 17.8 Å². The van der Waals surface area contributed by atoms with Gasteiger partial charge < -0.3 is 4.90 Å². The number of aromatic nitrogens is 5. The van der Waals surface area contributed by atoms with Gasteiger partial charge in [0.2, 0.25) is 0 Å². The van der Waals surface area contributed by atoms with E-state index in [0.717, 1.165) is 60.7 Å². The van der Waals surface area contributed by atoms with E-state index in [0.29, 0.717) is 6.54 Å². The van der Waals surface area contributed by atoms with Crippen molar-refractivity contribution in [3.63, 3.8) is 0 Å². The first-order chi connectivity index (χ1) is 15.3. The van der Waals surface area contributed by atoms with Gasteiger partial charge in [-0.2, -0.15) is 5.10 Å². The van der Waals surface area contributed by atoms with E-state index in [9.17, 15) is 4.79 Å². The fourth-order valence-corrected chi connectivity index (χ4v) is 3.94. The van der Waals surface area contributed by atoms with Gasteiger partial charge in [-0.15, -0.1) is 0 Å². The normalized spacial score (nSPS) is 14.8. The number of hydrogen-bond acceptors (Lipinski definition) is 7. The molecule has 8 nitrogen and oxygen atoms in total. The second kappa shape index (κ2) is 8.61. The van der Waals surface area contributed by atoms with Gasteiger partial charge in [0, 0.05) is 62.1 Å². The maximum Gasteiger partial charge on any atom is 0.266 e. The number of para-hydroxylation sites is 1. The molecule has 156 valence electrons. The lowest BCUT2D eigenvalue weighted by Crippen LogP contribution is -2.48. The molecule has 31 heavy (non-hydrogen) atoms. The number of hydrogen-bond donors (Lipinski definition) is 0. The predicted octanol–water partition coefficient (Wildman–Crippen LogP) is 2.07. The molecule has 1 aliphatic rings. The van der Waals surface area contributed by atoms with E-state index >= 15 is 0 Å². The molecule has 3 aromatic heterocycles. The summed E-state index contributed by atoms with van der Waals surface area (Å²) < 4.78 is 1.55. The maximum absolute atomic E-state index is 12.3. The minimum atomic E-state index is -0.0845. The Hall–Kier alpha value is -3.65. The Kier molecular flexibility index (Phi) is 5.37. The summed E-state index contributed by atoms with van der Waals surface area (Å²) in [6.07, 6.45) is 5.12. The molecule has 1 fully saturated rings. The Balaban J connectivity index is 1.23. The van der Waals surface area contributed by atoms with Crippen LogP contribution in [-0.2, 0) is 6.54 Å². The quantitative estimate of drug-likeness (QED) is 0.495. The molecular weight excluding hydrogens is 390 g/mol. The minimum Gasteiger partial charge on any atom is -0.353 e. The summed E-state index contributed by atoms with van der Waals surface area (Å²) in [5.41, 5.74) is 2.54. The zero-order valence-electron chi connectivity index (χ0n) is 17.1. The summed E-state index contributed by atoms with van der Waals surface area (Å²) in [6.45, 7) is 4.94. The van der Waals surface area contributed by atoms with E-state index in [2.05, 4.69) is 35.9 Å². The third-order valence-corrected chi connectivity index (χ3v) is 5.65. The molecule has 1 aromatic carbocycles. The molecule has 0 radical (unpaired) electrons. The highest BCUT2D eigenvalue weighted by Gasteiger charge is 2.20. The van der Waals surface area contributed by atoms with Crippen LogP contribution in [0, 0.1) is 0 Å². The van der Waals surface area contributed by atoms with Crippen molar-refractivity contribution in [3.8, 4) is 11.3 Å². The zero-order chi connectivity index (χ0) is 21.0. The standard InChI is InChI=1S/C23H23N7O/c31-22-8-7-20(18-4-3-9-24-16-18)27-30(22)15-12-28-10-13-29(14-11-28)23-19-5-1-2-6-21(19)25-17-26-23/h1-9,16-17H,10-15H2. The van der Waals surface area contributed by atoms with Crippen LogP contribution in [0.5, 0.6) is 0 Å². The Morgan fingerprint density at radius 2 is 1.74 bits per heavy atom. The SMILES string of the molecule is O=c1ccc(-c2cccnc2)nn1CCN1CCN(c2ncnc3ccccc23)CC1. The molecule has 0 atom stereocenters. The van der Waals surface area contributed by atoms with Crippen molar-refractivity contribution >= 4 is 16.7 Å². The van der Waals surface area contributed by atoms with Crippen molar-refractivity contribution < 1.29 is 0 Å². The minimum absolute atomic E-state index is 0.0845. The van der Waals surface area contributed by atoms with Crippen LogP contribution in [0.1, 0.15) is 0 Å². The summed E-state index contributed by atoms with van der Waals surface area (Å²) in [4.78, 5) is 30.0. The predicted molar refractivity (Wildman–Crippen MR) is 120 cm³/mol. The summed E-state index contributed by atoms with van der Waals surface area (Å²) in [5, 5.41) is 5.62. The summed E-state index contributed by atoms with van der Waals surface area (Å²) in [6, 6.07) is 15.2. The Morgan fingerprint density at radius 1 is 0.871 bits per heavy atom. The lowest BCUT2D eigenvalue weighted by atomic mass is 10.2. The maximum atomic E-state index is 12.3. The first-order valence-corrected chi connectivity index (χ1v) is 10.4. The third kappa shape index (κ3) is 4.15. The molecule has 1 aliphatic heterocycles. The Bertz CT molecular complexity index is 1230. The van der Waals surface area contributed by atoms with E-state index in [1.54, 1.807) is 35.5 Å². The van der Waals surface area contributed by atoms with Gasteiger partial charge >= 0.3 is 0 Å². The van der Waals surface area contributed by atoms with Crippen LogP contribution >= 0.6 is 0 Å². The second-order valence-electron chi connectivity index (χ2n) is 7.56. The number of nitrogens with zero attached hydrogens (tertiary/aromatic N) is 7. The van der Waals surface area contributed by atoms with Crippen LogP contribution in [0.15, 0.2) is 72.0 Å². The fourth-order valence-electron chi connectivity index (χ4n) is 3.94. The molecule has 4 aromatic rings. The molecule has 0 spiro atoms. The number of benzene rings is 1. The van der Waals surface area contributed by atoms with Crippen molar-refractivity contribution in [1.82, 2.24) is 29.6 Å². The lowest BCUT2D eigenvalue weighted by Gasteiger charge is -2.35. The van der Waals surface area contributed by atoms with E-state index < -0.39 is 0 Å². The first-order valence-electron chi connectivity index (χ1n) is 10.4. The van der Waals surface area contributed by atoms with Gasteiger partial charge in [-0.05, 0) is 30.3 Å². The topological polar surface area (TPSA) is 80.0 Å². The summed E-state index contributed by atoms with van der Waals surface area (Å²) in [5.74, 6) is 0.993. The first kappa shape index (κ1) is 19.3. The third-order valence-electron chi connectivity index (χ3n) is 5.65. The molecule has 1 saturated heterocycles.